The predicted octanol–water partition coefficient (Wildman–Crippen LogP) is 5.16. The maximum absolute atomic E-state index is 13.5. The maximum Gasteiger partial charge on any atom is 0.326 e. The minimum Gasteiger partial charge on any atom is -0.454 e. The Morgan fingerprint density at radius 1 is 0.676 bits per heavy atom. The average Bonchev–Trinajstić information content (AvgIpc) is 3.11. The molecule has 0 unspecified atom stereocenters. The van der Waals surface area contributed by atoms with Gasteiger partial charge in [-0.15, -0.1) is 0 Å². The van der Waals surface area contributed by atoms with E-state index in [0.717, 1.165) is 35.3 Å². The second-order valence-corrected chi connectivity index (χ2v) is 9.10. The van der Waals surface area contributed by atoms with Crippen molar-refractivity contribution < 1.29 is 14.3 Å². The fraction of sp³-hybridized carbons (Fsp3) is 0.129. The van der Waals surface area contributed by atoms with Gasteiger partial charge in [-0.25, -0.2) is 0 Å². The number of para-hydroxylation sites is 4. The standard InChI is InChI=1S/C31H24N2O4/c34-29(33-25-13-5-1-9-21(25)17-18-22-10-2-6-14-26(22)33)20-37-30(35)19-32-27-15-7-3-11-23(27)31(36)24-12-4-8-16-28(24)32/h1-16H,17-20H2. The van der Waals surface area contributed by atoms with E-state index >= 15 is 0 Å². The van der Waals surface area contributed by atoms with Gasteiger partial charge in [-0.3, -0.25) is 19.3 Å². The quantitative estimate of drug-likeness (QED) is 0.259. The summed E-state index contributed by atoms with van der Waals surface area (Å²) in [4.78, 5) is 41.2. The molecule has 1 aromatic heterocycles. The number of carbonyl (C=O) groups excluding carboxylic acids is 2. The van der Waals surface area contributed by atoms with E-state index in [2.05, 4.69) is 0 Å². The van der Waals surface area contributed by atoms with Crippen molar-refractivity contribution in [2.45, 2.75) is 19.4 Å². The number of aromatic nitrogens is 1. The second kappa shape index (κ2) is 9.39. The number of pyridine rings is 1. The Bertz CT molecular complexity index is 1630. The third-order valence-corrected chi connectivity index (χ3v) is 6.90. The van der Waals surface area contributed by atoms with Crippen LogP contribution in [-0.2, 0) is 33.7 Å². The Balaban J connectivity index is 1.29. The number of hydrogen-bond acceptors (Lipinski definition) is 4. The molecule has 0 bridgehead atoms. The molecule has 37 heavy (non-hydrogen) atoms. The van der Waals surface area contributed by atoms with Gasteiger partial charge in [0.05, 0.1) is 22.4 Å². The van der Waals surface area contributed by atoms with Gasteiger partial charge in [0.1, 0.15) is 6.54 Å². The van der Waals surface area contributed by atoms with Gasteiger partial charge in [0.2, 0.25) is 0 Å². The first-order valence-corrected chi connectivity index (χ1v) is 12.3. The van der Waals surface area contributed by atoms with Crippen LogP contribution in [0.5, 0.6) is 0 Å². The van der Waals surface area contributed by atoms with Crippen molar-refractivity contribution in [2.75, 3.05) is 11.5 Å². The monoisotopic (exact) mass is 488 g/mol. The van der Waals surface area contributed by atoms with Crippen molar-refractivity contribution in [3.8, 4) is 0 Å². The summed E-state index contributed by atoms with van der Waals surface area (Å²) in [6.45, 7) is -0.515. The molecule has 5 aromatic rings. The highest BCUT2D eigenvalue weighted by molar-refractivity contribution is 6.03. The highest BCUT2D eigenvalue weighted by atomic mass is 16.5. The van der Waals surface area contributed by atoms with Crippen LogP contribution < -0.4 is 10.3 Å². The maximum atomic E-state index is 13.5. The third-order valence-electron chi connectivity index (χ3n) is 6.90. The summed E-state index contributed by atoms with van der Waals surface area (Å²) >= 11 is 0. The van der Waals surface area contributed by atoms with Crippen LogP contribution in [0.1, 0.15) is 11.1 Å². The summed E-state index contributed by atoms with van der Waals surface area (Å²) in [6, 6.07) is 30.1. The summed E-state index contributed by atoms with van der Waals surface area (Å²) in [7, 11) is 0. The van der Waals surface area contributed by atoms with Crippen molar-refractivity contribution >= 4 is 45.1 Å². The Kier molecular flexibility index (Phi) is 5.77. The van der Waals surface area contributed by atoms with Gasteiger partial charge in [-0.1, -0.05) is 60.7 Å². The van der Waals surface area contributed by atoms with Crippen LogP contribution in [0.3, 0.4) is 0 Å². The van der Waals surface area contributed by atoms with Crippen LogP contribution in [0.2, 0.25) is 0 Å². The summed E-state index contributed by atoms with van der Waals surface area (Å²) in [6.07, 6.45) is 1.65. The number of benzene rings is 4. The molecule has 1 amide bonds. The summed E-state index contributed by atoms with van der Waals surface area (Å²) < 4.78 is 7.30. The zero-order chi connectivity index (χ0) is 25.4. The van der Waals surface area contributed by atoms with Gasteiger partial charge in [0, 0.05) is 10.8 Å². The van der Waals surface area contributed by atoms with Crippen molar-refractivity contribution in [3.05, 3.63) is 118 Å². The normalized spacial score (nSPS) is 12.6. The molecule has 0 atom stereocenters. The molecule has 0 fully saturated rings. The zero-order valence-electron chi connectivity index (χ0n) is 20.1. The van der Waals surface area contributed by atoms with Crippen LogP contribution in [0.4, 0.5) is 11.4 Å². The highest BCUT2D eigenvalue weighted by Crippen LogP contribution is 2.36. The van der Waals surface area contributed by atoms with Gasteiger partial charge in [-0.2, -0.15) is 0 Å². The van der Waals surface area contributed by atoms with Crippen LogP contribution in [0.25, 0.3) is 21.8 Å². The van der Waals surface area contributed by atoms with E-state index in [1.165, 1.54) is 0 Å². The molecule has 0 saturated carbocycles. The van der Waals surface area contributed by atoms with E-state index in [1.54, 1.807) is 33.7 Å². The smallest absolute Gasteiger partial charge is 0.326 e. The highest BCUT2D eigenvalue weighted by Gasteiger charge is 2.26. The molecule has 1 aliphatic heterocycles. The first-order valence-electron chi connectivity index (χ1n) is 12.3. The molecule has 6 heteroatoms. The molecule has 6 rings (SSSR count). The molecule has 0 aliphatic carbocycles. The molecular weight excluding hydrogens is 464 g/mol. The largest absolute Gasteiger partial charge is 0.454 e. The van der Waals surface area contributed by atoms with Crippen LogP contribution >= 0.6 is 0 Å². The molecule has 0 radical (unpaired) electrons. The van der Waals surface area contributed by atoms with Gasteiger partial charge < -0.3 is 9.30 Å². The number of amides is 1. The SMILES string of the molecule is O=C(Cn1c2ccccc2c(=O)c2ccccc21)OCC(=O)N1c2ccccc2CCc2ccccc21. The van der Waals surface area contributed by atoms with E-state index < -0.39 is 12.6 Å². The number of nitrogens with zero attached hydrogens (tertiary/aromatic N) is 2. The predicted molar refractivity (Wildman–Crippen MR) is 144 cm³/mol. The van der Waals surface area contributed by atoms with Gasteiger partial charge in [-0.05, 0) is 60.4 Å². The third kappa shape index (κ3) is 4.06. The van der Waals surface area contributed by atoms with E-state index in [1.807, 2.05) is 72.8 Å². The second-order valence-electron chi connectivity index (χ2n) is 9.10. The number of carbonyl (C=O) groups is 2. The zero-order valence-corrected chi connectivity index (χ0v) is 20.1. The molecule has 6 nitrogen and oxygen atoms in total. The lowest BCUT2D eigenvalue weighted by atomic mass is 10.0. The molecule has 2 heterocycles. The summed E-state index contributed by atoms with van der Waals surface area (Å²) in [5.74, 6) is -0.867. The lowest BCUT2D eigenvalue weighted by Gasteiger charge is -2.25. The minimum absolute atomic E-state index is 0.0792. The number of hydrogen-bond donors (Lipinski definition) is 0. The van der Waals surface area contributed by atoms with Gasteiger partial charge in [0.15, 0.2) is 12.0 Å². The molecule has 0 saturated heterocycles. The minimum atomic E-state index is -0.552. The van der Waals surface area contributed by atoms with Crippen LogP contribution in [-0.4, -0.2) is 23.1 Å². The fourth-order valence-electron chi connectivity index (χ4n) is 5.18. The number of fused-ring (bicyclic) bond motifs is 4. The van der Waals surface area contributed by atoms with Crippen molar-refractivity contribution in [1.82, 2.24) is 4.57 Å². The number of esters is 1. The van der Waals surface area contributed by atoms with E-state index in [-0.39, 0.29) is 17.9 Å². The summed E-state index contributed by atoms with van der Waals surface area (Å²) in [5, 5.41) is 1.06. The summed E-state index contributed by atoms with van der Waals surface area (Å²) in [5.41, 5.74) is 4.98. The lowest BCUT2D eigenvalue weighted by Crippen LogP contribution is -2.32. The van der Waals surface area contributed by atoms with Crippen molar-refractivity contribution in [3.63, 3.8) is 0 Å². The first kappa shape index (κ1) is 22.7. The number of aryl methyl sites for hydroxylation is 2. The Morgan fingerprint density at radius 3 is 1.73 bits per heavy atom. The first-order chi connectivity index (χ1) is 18.1. The number of ether oxygens (including phenoxy) is 1. The molecule has 4 aromatic carbocycles. The average molecular weight is 489 g/mol. The molecule has 0 N–H and O–H groups in total. The fourth-order valence-corrected chi connectivity index (χ4v) is 5.18. The van der Waals surface area contributed by atoms with Gasteiger partial charge >= 0.3 is 5.97 Å². The number of anilines is 2. The Labute approximate surface area is 213 Å². The van der Waals surface area contributed by atoms with E-state index in [9.17, 15) is 14.4 Å². The van der Waals surface area contributed by atoms with Crippen molar-refractivity contribution in [1.29, 1.82) is 0 Å². The molecule has 0 spiro atoms. The number of rotatable bonds is 4. The van der Waals surface area contributed by atoms with Crippen LogP contribution in [0, 0.1) is 0 Å². The molecular formula is C31H24N2O4. The van der Waals surface area contributed by atoms with E-state index in [4.69, 9.17) is 4.74 Å². The lowest BCUT2D eigenvalue weighted by molar-refractivity contribution is -0.148. The Hall–Kier alpha value is -4.71. The van der Waals surface area contributed by atoms with Crippen molar-refractivity contribution in [2.24, 2.45) is 0 Å². The Morgan fingerprint density at radius 2 is 1.16 bits per heavy atom. The van der Waals surface area contributed by atoms with Crippen LogP contribution in [0.15, 0.2) is 102 Å². The topological polar surface area (TPSA) is 68.6 Å². The van der Waals surface area contributed by atoms with Gasteiger partial charge in [0.25, 0.3) is 5.91 Å². The molecule has 1 aliphatic rings. The van der Waals surface area contributed by atoms with E-state index in [0.29, 0.717) is 21.8 Å². The molecule has 182 valence electrons.